The van der Waals surface area contributed by atoms with Crippen LogP contribution in [0.5, 0.6) is 0 Å². The molecule has 1 aliphatic rings. The minimum atomic E-state index is 0.816. The predicted molar refractivity (Wildman–Crippen MR) is 101 cm³/mol. The number of hydrogen-bond donors (Lipinski definition) is 0. The molecule has 2 heteroatoms. The summed E-state index contributed by atoms with van der Waals surface area (Å²) in [4.78, 5) is 0. The minimum Gasteiger partial charge on any atom is -0.456 e. The quantitative estimate of drug-likeness (QED) is 0.352. The molecule has 1 aromatic heterocycles. The monoisotopic (exact) mass is 302 g/mol. The first-order chi connectivity index (χ1) is 11.8. The van der Waals surface area contributed by atoms with Gasteiger partial charge in [-0.1, -0.05) is 60.1 Å². The highest BCUT2D eigenvalue weighted by molar-refractivity contribution is 6.47. The zero-order valence-electron chi connectivity index (χ0n) is 12.8. The Kier molecular flexibility index (Phi) is 2.12. The molecular formula is C22H11BO. The first-order valence-electron chi connectivity index (χ1n) is 8.09. The summed E-state index contributed by atoms with van der Waals surface area (Å²) < 4.78 is 6.07. The van der Waals surface area contributed by atoms with Crippen molar-refractivity contribution in [3.05, 3.63) is 66.7 Å². The van der Waals surface area contributed by atoms with Crippen LogP contribution in [0, 0.1) is 0 Å². The lowest BCUT2D eigenvalue weighted by molar-refractivity contribution is 0.669. The zero-order valence-corrected chi connectivity index (χ0v) is 12.8. The summed E-state index contributed by atoms with van der Waals surface area (Å²) in [6, 6.07) is 23.1. The molecule has 108 valence electrons. The highest BCUT2D eigenvalue weighted by atomic mass is 16.3. The van der Waals surface area contributed by atoms with Gasteiger partial charge in [-0.05, 0) is 45.2 Å². The summed E-state index contributed by atoms with van der Waals surface area (Å²) in [5, 5.41) is 4.64. The molecule has 0 amide bonds. The van der Waals surface area contributed by atoms with Crippen LogP contribution in [0.15, 0.2) is 71.1 Å². The van der Waals surface area contributed by atoms with Crippen LogP contribution in [-0.2, 0) is 0 Å². The fraction of sp³-hybridized carbons (Fsp3) is 0. The molecule has 1 aliphatic carbocycles. The lowest BCUT2D eigenvalue weighted by Gasteiger charge is -2.08. The van der Waals surface area contributed by atoms with Gasteiger partial charge in [0.25, 0.3) is 0 Å². The summed E-state index contributed by atoms with van der Waals surface area (Å²) in [6.45, 7) is 0. The van der Waals surface area contributed by atoms with Crippen molar-refractivity contribution in [1.82, 2.24) is 0 Å². The van der Waals surface area contributed by atoms with E-state index in [1.165, 1.54) is 27.5 Å². The topological polar surface area (TPSA) is 13.1 Å². The van der Waals surface area contributed by atoms with Gasteiger partial charge >= 0.3 is 0 Å². The summed E-state index contributed by atoms with van der Waals surface area (Å²) in [6.07, 6.45) is 0. The van der Waals surface area contributed by atoms with Crippen molar-refractivity contribution in [2.45, 2.75) is 0 Å². The van der Waals surface area contributed by atoms with Crippen molar-refractivity contribution >= 4 is 46.0 Å². The normalized spacial score (nSPS) is 12.3. The Bertz CT molecular complexity index is 1310. The number of hydrogen-bond acceptors (Lipinski definition) is 1. The average molecular weight is 302 g/mol. The second-order valence-corrected chi connectivity index (χ2v) is 6.39. The van der Waals surface area contributed by atoms with Gasteiger partial charge in [-0.3, -0.25) is 0 Å². The smallest absolute Gasteiger partial charge is 0.135 e. The van der Waals surface area contributed by atoms with Crippen molar-refractivity contribution < 1.29 is 4.42 Å². The first-order valence-corrected chi connectivity index (χ1v) is 8.09. The SMILES string of the molecule is [B]c1c2c(cc3oc4ccccc4c13)-c1cccc3cccc-2c13. The van der Waals surface area contributed by atoms with Gasteiger partial charge in [0.05, 0.1) is 0 Å². The van der Waals surface area contributed by atoms with Crippen LogP contribution in [0.25, 0.3) is 55.0 Å². The molecule has 0 fully saturated rings. The highest BCUT2D eigenvalue weighted by Crippen LogP contribution is 2.48. The fourth-order valence-electron chi connectivity index (χ4n) is 4.19. The van der Waals surface area contributed by atoms with Crippen LogP contribution in [0.2, 0.25) is 0 Å². The van der Waals surface area contributed by atoms with E-state index in [2.05, 4.69) is 48.5 Å². The van der Waals surface area contributed by atoms with E-state index in [9.17, 15) is 0 Å². The van der Waals surface area contributed by atoms with Crippen LogP contribution in [0.4, 0.5) is 0 Å². The Morgan fingerprint density at radius 2 is 1.46 bits per heavy atom. The third-order valence-corrected chi connectivity index (χ3v) is 5.17. The number of furan rings is 1. The van der Waals surface area contributed by atoms with Crippen molar-refractivity contribution in [2.75, 3.05) is 0 Å². The second-order valence-electron chi connectivity index (χ2n) is 6.39. The van der Waals surface area contributed by atoms with Crippen LogP contribution in [-0.4, -0.2) is 7.85 Å². The number of rotatable bonds is 0. The Morgan fingerprint density at radius 1 is 0.667 bits per heavy atom. The third kappa shape index (κ3) is 1.33. The van der Waals surface area contributed by atoms with Crippen LogP contribution >= 0.6 is 0 Å². The molecule has 6 rings (SSSR count). The summed E-state index contributed by atoms with van der Waals surface area (Å²) >= 11 is 0. The van der Waals surface area contributed by atoms with Gasteiger partial charge in [0.15, 0.2) is 0 Å². The molecule has 0 aliphatic heterocycles. The molecule has 24 heavy (non-hydrogen) atoms. The van der Waals surface area contributed by atoms with Gasteiger partial charge in [0.1, 0.15) is 19.0 Å². The van der Waals surface area contributed by atoms with Crippen molar-refractivity contribution in [1.29, 1.82) is 0 Å². The van der Waals surface area contributed by atoms with Gasteiger partial charge in [-0.15, -0.1) is 0 Å². The summed E-state index contributed by atoms with van der Waals surface area (Å²) in [5.74, 6) is 0. The van der Waals surface area contributed by atoms with Gasteiger partial charge in [0.2, 0.25) is 0 Å². The molecular weight excluding hydrogens is 291 g/mol. The van der Waals surface area contributed by atoms with Crippen LogP contribution in [0.1, 0.15) is 0 Å². The molecule has 4 aromatic carbocycles. The minimum absolute atomic E-state index is 0.816. The number of fused-ring (bicyclic) bond motifs is 6. The molecule has 5 aromatic rings. The summed E-state index contributed by atoms with van der Waals surface area (Å²) in [7, 11) is 6.68. The lowest BCUT2D eigenvalue weighted by Crippen LogP contribution is -2.07. The van der Waals surface area contributed by atoms with Crippen molar-refractivity contribution in [2.24, 2.45) is 0 Å². The molecule has 0 spiro atoms. The molecule has 2 radical (unpaired) electrons. The molecule has 1 nitrogen and oxygen atoms in total. The molecule has 0 atom stereocenters. The van der Waals surface area contributed by atoms with E-state index < -0.39 is 0 Å². The van der Waals surface area contributed by atoms with Gasteiger partial charge < -0.3 is 4.42 Å². The molecule has 0 saturated heterocycles. The Morgan fingerprint density at radius 3 is 2.33 bits per heavy atom. The fourth-order valence-corrected chi connectivity index (χ4v) is 4.19. The van der Waals surface area contributed by atoms with Crippen LogP contribution < -0.4 is 5.46 Å². The van der Waals surface area contributed by atoms with Crippen molar-refractivity contribution in [3.8, 4) is 22.3 Å². The molecule has 1 heterocycles. The third-order valence-electron chi connectivity index (χ3n) is 5.17. The van der Waals surface area contributed by atoms with Gasteiger partial charge in [-0.2, -0.15) is 0 Å². The molecule has 0 saturated carbocycles. The Labute approximate surface area is 139 Å². The molecule has 0 N–H and O–H groups in total. The number of benzene rings is 4. The van der Waals surface area contributed by atoms with E-state index in [0.29, 0.717) is 0 Å². The van der Waals surface area contributed by atoms with E-state index in [-0.39, 0.29) is 0 Å². The lowest BCUT2D eigenvalue weighted by atomic mass is 9.82. The molecule has 0 unspecified atom stereocenters. The predicted octanol–water partition coefficient (Wildman–Crippen LogP) is 5.18. The first kappa shape index (κ1) is 12.4. The van der Waals surface area contributed by atoms with E-state index in [1.807, 2.05) is 18.2 Å². The van der Waals surface area contributed by atoms with E-state index in [4.69, 9.17) is 12.3 Å². The van der Waals surface area contributed by atoms with Crippen LogP contribution in [0.3, 0.4) is 0 Å². The number of para-hydroxylation sites is 1. The Balaban J connectivity index is 1.88. The average Bonchev–Trinajstić information content (AvgIpc) is 3.14. The highest BCUT2D eigenvalue weighted by Gasteiger charge is 2.25. The van der Waals surface area contributed by atoms with E-state index in [1.54, 1.807) is 0 Å². The van der Waals surface area contributed by atoms with E-state index in [0.717, 1.165) is 33.0 Å². The largest absolute Gasteiger partial charge is 0.456 e. The maximum Gasteiger partial charge on any atom is 0.135 e. The standard InChI is InChI=1S/C22H11BO/c23-22-20-15-9-4-6-12-5-3-8-13(19(12)15)16(20)11-18-21(22)14-7-1-2-10-17(14)24-18/h1-11H. The summed E-state index contributed by atoms with van der Waals surface area (Å²) in [5.41, 5.74) is 7.34. The maximum atomic E-state index is 6.68. The van der Waals surface area contributed by atoms with Gasteiger partial charge in [0, 0.05) is 10.8 Å². The van der Waals surface area contributed by atoms with E-state index >= 15 is 0 Å². The zero-order chi connectivity index (χ0) is 15.8. The molecule has 0 bridgehead atoms. The maximum absolute atomic E-state index is 6.68. The van der Waals surface area contributed by atoms with Crippen molar-refractivity contribution in [3.63, 3.8) is 0 Å². The second kappa shape index (κ2) is 4.10. The Hall–Kier alpha value is -3.00. The van der Waals surface area contributed by atoms with Gasteiger partial charge in [-0.25, -0.2) is 0 Å².